The number of ether oxygens (including phenoxy) is 1. The number of hydrogen-bond donors (Lipinski definition) is 2. The van der Waals surface area contributed by atoms with Gasteiger partial charge in [0.2, 0.25) is 5.91 Å². The van der Waals surface area contributed by atoms with Gasteiger partial charge >= 0.3 is 5.97 Å². The molecule has 126 valence electrons. The number of aryl methyl sites for hydroxylation is 3. The number of methoxy groups -OCH3 is 1. The lowest BCUT2D eigenvalue weighted by atomic mass is 9.97. The third-order valence-electron chi connectivity index (χ3n) is 3.89. The standard InChI is InChI=1S/C19H21NO4/c1-11-7-12(2)16(13(3)8-11)10-18(21)20-14-5-6-15(19(22)23)17(9-14)24-4/h5-9H,10H2,1-4H3,(H,20,21)(H,22,23). The Bertz CT molecular complexity index is 773. The summed E-state index contributed by atoms with van der Waals surface area (Å²) in [5.41, 5.74) is 4.91. The molecule has 0 saturated heterocycles. The molecular formula is C19H21NO4. The monoisotopic (exact) mass is 327 g/mol. The predicted molar refractivity (Wildman–Crippen MR) is 92.9 cm³/mol. The summed E-state index contributed by atoms with van der Waals surface area (Å²) in [6, 6.07) is 8.59. The molecule has 0 aliphatic rings. The number of benzene rings is 2. The zero-order valence-corrected chi connectivity index (χ0v) is 14.3. The lowest BCUT2D eigenvalue weighted by molar-refractivity contribution is -0.115. The van der Waals surface area contributed by atoms with Gasteiger partial charge in [-0.15, -0.1) is 0 Å². The summed E-state index contributed by atoms with van der Waals surface area (Å²) in [7, 11) is 1.40. The minimum atomic E-state index is -1.07. The first-order valence-electron chi connectivity index (χ1n) is 7.59. The second kappa shape index (κ2) is 7.17. The highest BCUT2D eigenvalue weighted by molar-refractivity contribution is 5.95. The Kier molecular flexibility index (Phi) is 5.24. The topological polar surface area (TPSA) is 75.6 Å². The number of carboxylic acids is 1. The van der Waals surface area contributed by atoms with Crippen LogP contribution in [0.5, 0.6) is 5.75 Å². The highest BCUT2D eigenvalue weighted by Crippen LogP contribution is 2.24. The van der Waals surface area contributed by atoms with Crippen LogP contribution in [-0.2, 0) is 11.2 Å². The Morgan fingerprint density at radius 2 is 1.71 bits per heavy atom. The van der Waals surface area contributed by atoms with Crippen molar-refractivity contribution in [2.24, 2.45) is 0 Å². The van der Waals surface area contributed by atoms with Crippen molar-refractivity contribution in [3.63, 3.8) is 0 Å². The zero-order chi connectivity index (χ0) is 17.9. The van der Waals surface area contributed by atoms with E-state index in [9.17, 15) is 9.59 Å². The second-order valence-electron chi connectivity index (χ2n) is 5.82. The molecular weight excluding hydrogens is 306 g/mol. The second-order valence-corrected chi connectivity index (χ2v) is 5.82. The van der Waals surface area contributed by atoms with Crippen LogP contribution in [0.4, 0.5) is 5.69 Å². The Morgan fingerprint density at radius 1 is 1.08 bits per heavy atom. The van der Waals surface area contributed by atoms with Crippen molar-refractivity contribution in [1.29, 1.82) is 0 Å². The third kappa shape index (κ3) is 3.93. The fourth-order valence-corrected chi connectivity index (χ4v) is 2.80. The van der Waals surface area contributed by atoms with Crippen LogP contribution in [0.25, 0.3) is 0 Å². The molecule has 2 N–H and O–H groups in total. The van der Waals surface area contributed by atoms with Gasteiger partial charge in [0.05, 0.1) is 13.5 Å². The Morgan fingerprint density at radius 3 is 2.25 bits per heavy atom. The molecule has 0 spiro atoms. The van der Waals surface area contributed by atoms with Crippen LogP contribution in [0.15, 0.2) is 30.3 Å². The average Bonchev–Trinajstić information content (AvgIpc) is 2.50. The summed E-state index contributed by atoms with van der Waals surface area (Å²) >= 11 is 0. The normalized spacial score (nSPS) is 10.3. The molecule has 5 heteroatoms. The maximum atomic E-state index is 12.3. The molecule has 0 unspecified atom stereocenters. The van der Waals surface area contributed by atoms with Gasteiger partial charge in [-0.2, -0.15) is 0 Å². The van der Waals surface area contributed by atoms with Crippen LogP contribution in [0.3, 0.4) is 0 Å². The van der Waals surface area contributed by atoms with E-state index in [-0.39, 0.29) is 23.6 Å². The molecule has 0 aromatic heterocycles. The van der Waals surface area contributed by atoms with Crippen LogP contribution in [-0.4, -0.2) is 24.1 Å². The van der Waals surface area contributed by atoms with E-state index < -0.39 is 5.97 Å². The fourth-order valence-electron chi connectivity index (χ4n) is 2.80. The average molecular weight is 327 g/mol. The van der Waals surface area contributed by atoms with E-state index in [1.807, 2.05) is 20.8 Å². The molecule has 0 bridgehead atoms. The van der Waals surface area contributed by atoms with Gasteiger partial charge < -0.3 is 15.2 Å². The van der Waals surface area contributed by atoms with Crippen molar-refractivity contribution < 1.29 is 19.4 Å². The number of nitrogens with one attached hydrogen (secondary N) is 1. The Labute approximate surface area is 141 Å². The quantitative estimate of drug-likeness (QED) is 0.881. The van der Waals surface area contributed by atoms with Crippen LogP contribution >= 0.6 is 0 Å². The van der Waals surface area contributed by atoms with Crippen molar-refractivity contribution in [2.75, 3.05) is 12.4 Å². The van der Waals surface area contributed by atoms with E-state index in [2.05, 4.69) is 17.4 Å². The molecule has 0 atom stereocenters. The number of carboxylic acid groups (broad SMARTS) is 1. The van der Waals surface area contributed by atoms with Crippen LogP contribution in [0.1, 0.15) is 32.6 Å². The molecule has 2 rings (SSSR count). The number of hydrogen-bond acceptors (Lipinski definition) is 3. The molecule has 0 fully saturated rings. The molecule has 0 aliphatic carbocycles. The molecule has 5 nitrogen and oxygen atoms in total. The smallest absolute Gasteiger partial charge is 0.339 e. The van der Waals surface area contributed by atoms with Gasteiger partial charge in [-0.3, -0.25) is 4.79 Å². The van der Waals surface area contributed by atoms with Crippen molar-refractivity contribution in [1.82, 2.24) is 0 Å². The van der Waals surface area contributed by atoms with Gasteiger partial charge in [-0.25, -0.2) is 4.79 Å². The van der Waals surface area contributed by atoms with Gasteiger partial charge in [0.25, 0.3) is 0 Å². The van der Waals surface area contributed by atoms with Crippen LogP contribution < -0.4 is 10.1 Å². The number of rotatable bonds is 5. The van der Waals surface area contributed by atoms with E-state index in [1.54, 1.807) is 6.07 Å². The summed E-state index contributed by atoms with van der Waals surface area (Å²) in [6.45, 7) is 6.01. The van der Waals surface area contributed by atoms with Gasteiger partial charge in [0, 0.05) is 11.8 Å². The zero-order valence-electron chi connectivity index (χ0n) is 14.3. The number of carbonyl (C=O) groups excluding carboxylic acids is 1. The molecule has 0 saturated carbocycles. The predicted octanol–water partition coefficient (Wildman–Crippen LogP) is 3.50. The van der Waals surface area contributed by atoms with E-state index in [0.717, 1.165) is 16.7 Å². The van der Waals surface area contributed by atoms with Crippen LogP contribution in [0.2, 0.25) is 0 Å². The largest absolute Gasteiger partial charge is 0.496 e. The lowest BCUT2D eigenvalue weighted by Gasteiger charge is -2.13. The number of anilines is 1. The SMILES string of the molecule is COc1cc(NC(=O)Cc2c(C)cc(C)cc2C)ccc1C(=O)O. The van der Waals surface area contributed by atoms with Gasteiger partial charge in [-0.05, 0) is 49.6 Å². The summed E-state index contributed by atoms with van der Waals surface area (Å²) in [5.74, 6) is -1.02. The van der Waals surface area contributed by atoms with Gasteiger partial charge in [0.1, 0.15) is 11.3 Å². The highest BCUT2D eigenvalue weighted by Gasteiger charge is 2.14. The van der Waals surface area contributed by atoms with E-state index in [4.69, 9.17) is 9.84 Å². The Balaban J connectivity index is 2.17. The molecule has 24 heavy (non-hydrogen) atoms. The maximum absolute atomic E-state index is 12.3. The molecule has 0 aliphatic heterocycles. The van der Waals surface area contributed by atoms with Crippen molar-refractivity contribution in [3.8, 4) is 5.75 Å². The summed E-state index contributed by atoms with van der Waals surface area (Å²) in [4.78, 5) is 23.4. The highest BCUT2D eigenvalue weighted by atomic mass is 16.5. The number of carbonyl (C=O) groups is 2. The number of amides is 1. The summed E-state index contributed by atoms with van der Waals surface area (Å²) in [6.07, 6.45) is 0.265. The molecule has 2 aromatic rings. The van der Waals surface area contributed by atoms with E-state index >= 15 is 0 Å². The molecule has 2 aromatic carbocycles. The van der Waals surface area contributed by atoms with Crippen molar-refractivity contribution >= 4 is 17.6 Å². The van der Waals surface area contributed by atoms with Crippen molar-refractivity contribution in [2.45, 2.75) is 27.2 Å². The Hall–Kier alpha value is -2.82. The maximum Gasteiger partial charge on any atom is 0.339 e. The van der Waals surface area contributed by atoms with E-state index in [0.29, 0.717) is 5.69 Å². The number of aromatic carboxylic acids is 1. The fraction of sp³-hybridized carbons (Fsp3) is 0.263. The minimum Gasteiger partial charge on any atom is -0.496 e. The molecule has 1 amide bonds. The molecule has 0 heterocycles. The lowest BCUT2D eigenvalue weighted by Crippen LogP contribution is -2.16. The minimum absolute atomic E-state index is 0.0562. The summed E-state index contributed by atoms with van der Waals surface area (Å²) < 4.78 is 5.07. The first-order valence-corrected chi connectivity index (χ1v) is 7.59. The van der Waals surface area contributed by atoms with Crippen LogP contribution in [0, 0.1) is 20.8 Å². The first kappa shape index (κ1) is 17.5. The third-order valence-corrected chi connectivity index (χ3v) is 3.89. The molecule has 0 radical (unpaired) electrons. The van der Waals surface area contributed by atoms with E-state index in [1.165, 1.54) is 24.8 Å². The first-order chi connectivity index (χ1) is 11.3. The van der Waals surface area contributed by atoms with Gasteiger partial charge in [-0.1, -0.05) is 17.7 Å². The summed E-state index contributed by atoms with van der Waals surface area (Å²) in [5, 5.41) is 11.9. The van der Waals surface area contributed by atoms with Crippen molar-refractivity contribution in [3.05, 3.63) is 58.1 Å². The van der Waals surface area contributed by atoms with Gasteiger partial charge in [0.15, 0.2) is 0 Å².